The number of carbonyl (C=O) groups is 3. The van der Waals surface area contributed by atoms with Gasteiger partial charge >= 0.3 is 0 Å². The molecule has 0 spiro atoms. The van der Waals surface area contributed by atoms with Gasteiger partial charge in [0.25, 0.3) is 0 Å². The number of hydrogen-bond donors (Lipinski definition) is 1. The van der Waals surface area contributed by atoms with E-state index in [1.807, 2.05) is 0 Å². The number of imide groups is 1. The SMILES string of the molecule is COc1cc(CNC(=O)CN2C(=O)CCC2=O)cc(OC)c1OC. The van der Waals surface area contributed by atoms with Crippen molar-refractivity contribution in [1.82, 2.24) is 10.2 Å². The number of likely N-dealkylation sites (tertiary alicyclic amines) is 1. The Balaban J connectivity index is 2.02. The normalized spacial score (nSPS) is 13.9. The minimum Gasteiger partial charge on any atom is -0.493 e. The third-order valence-corrected chi connectivity index (χ3v) is 3.67. The third-order valence-electron chi connectivity index (χ3n) is 3.67. The van der Waals surface area contributed by atoms with Gasteiger partial charge in [-0.3, -0.25) is 19.3 Å². The van der Waals surface area contributed by atoms with E-state index in [4.69, 9.17) is 14.2 Å². The molecule has 1 aliphatic heterocycles. The van der Waals surface area contributed by atoms with Gasteiger partial charge in [0.2, 0.25) is 23.5 Å². The molecule has 8 nitrogen and oxygen atoms in total. The van der Waals surface area contributed by atoms with Crippen molar-refractivity contribution < 1.29 is 28.6 Å². The molecule has 1 aromatic rings. The Morgan fingerprint density at radius 3 is 2.04 bits per heavy atom. The summed E-state index contributed by atoms with van der Waals surface area (Å²) in [7, 11) is 4.51. The van der Waals surface area contributed by atoms with Gasteiger partial charge in [-0.15, -0.1) is 0 Å². The van der Waals surface area contributed by atoms with Gasteiger partial charge in [-0.25, -0.2) is 0 Å². The highest BCUT2D eigenvalue weighted by Crippen LogP contribution is 2.38. The number of hydrogen-bond acceptors (Lipinski definition) is 6. The van der Waals surface area contributed by atoms with Crippen molar-refractivity contribution >= 4 is 17.7 Å². The van der Waals surface area contributed by atoms with E-state index in [-0.39, 0.29) is 37.7 Å². The summed E-state index contributed by atoms with van der Waals surface area (Å²) >= 11 is 0. The van der Waals surface area contributed by atoms with E-state index in [1.54, 1.807) is 12.1 Å². The lowest BCUT2D eigenvalue weighted by Crippen LogP contribution is -2.39. The summed E-state index contributed by atoms with van der Waals surface area (Å²) in [5, 5.41) is 2.67. The number of rotatable bonds is 7. The van der Waals surface area contributed by atoms with Crippen molar-refractivity contribution in [2.45, 2.75) is 19.4 Å². The predicted molar refractivity (Wildman–Crippen MR) is 83.9 cm³/mol. The van der Waals surface area contributed by atoms with E-state index >= 15 is 0 Å². The van der Waals surface area contributed by atoms with Crippen LogP contribution < -0.4 is 19.5 Å². The second-order valence-corrected chi connectivity index (χ2v) is 5.18. The Bertz CT molecular complexity index is 617. The molecule has 3 amide bonds. The zero-order valence-electron chi connectivity index (χ0n) is 13.9. The van der Waals surface area contributed by atoms with Gasteiger partial charge in [0.1, 0.15) is 6.54 Å². The van der Waals surface area contributed by atoms with Gasteiger partial charge in [0.15, 0.2) is 11.5 Å². The first kappa shape index (κ1) is 17.6. The van der Waals surface area contributed by atoms with Crippen molar-refractivity contribution in [3.05, 3.63) is 17.7 Å². The number of amides is 3. The van der Waals surface area contributed by atoms with E-state index in [0.717, 1.165) is 10.5 Å². The van der Waals surface area contributed by atoms with Crippen LogP contribution in [0.4, 0.5) is 0 Å². The standard InChI is InChI=1S/C16H20N2O6/c1-22-11-6-10(7-12(23-2)16(11)24-3)8-17-13(19)9-18-14(20)4-5-15(18)21/h6-7H,4-5,8-9H2,1-3H3,(H,17,19). The smallest absolute Gasteiger partial charge is 0.240 e. The molecule has 0 bridgehead atoms. The molecule has 0 aromatic heterocycles. The highest BCUT2D eigenvalue weighted by molar-refractivity contribution is 6.04. The lowest BCUT2D eigenvalue weighted by atomic mass is 10.1. The fraction of sp³-hybridized carbons (Fsp3) is 0.438. The van der Waals surface area contributed by atoms with E-state index in [2.05, 4.69) is 5.32 Å². The average molecular weight is 336 g/mol. The van der Waals surface area contributed by atoms with Crippen LogP contribution in [0.25, 0.3) is 0 Å². The lowest BCUT2D eigenvalue weighted by molar-refractivity contribution is -0.142. The van der Waals surface area contributed by atoms with Crippen LogP contribution in [0, 0.1) is 0 Å². The van der Waals surface area contributed by atoms with Crippen molar-refractivity contribution in [2.75, 3.05) is 27.9 Å². The molecule has 1 fully saturated rings. The largest absolute Gasteiger partial charge is 0.493 e. The average Bonchev–Trinajstić information content (AvgIpc) is 2.90. The summed E-state index contributed by atoms with van der Waals surface area (Å²) in [6, 6.07) is 3.43. The second kappa shape index (κ2) is 7.67. The van der Waals surface area contributed by atoms with Crippen molar-refractivity contribution in [2.24, 2.45) is 0 Å². The highest BCUT2D eigenvalue weighted by Gasteiger charge is 2.30. The summed E-state index contributed by atoms with van der Waals surface area (Å²) in [4.78, 5) is 35.9. The van der Waals surface area contributed by atoms with Crippen LogP contribution in [0.2, 0.25) is 0 Å². The van der Waals surface area contributed by atoms with E-state index < -0.39 is 5.91 Å². The minimum atomic E-state index is -0.410. The Morgan fingerprint density at radius 1 is 1.04 bits per heavy atom. The first-order chi connectivity index (χ1) is 11.5. The van der Waals surface area contributed by atoms with Crippen molar-refractivity contribution in [3.63, 3.8) is 0 Å². The van der Waals surface area contributed by atoms with Crippen molar-refractivity contribution in [3.8, 4) is 17.2 Å². The minimum absolute atomic E-state index is 0.166. The van der Waals surface area contributed by atoms with Crippen LogP contribution in [0.1, 0.15) is 18.4 Å². The third kappa shape index (κ3) is 3.76. The summed E-state index contributed by atoms with van der Waals surface area (Å²) in [6.07, 6.45) is 0.331. The van der Waals surface area contributed by atoms with Crippen LogP contribution in [-0.2, 0) is 20.9 Å². The van der Waals surface area contributed by atoms with E-state index in [1.165, 1.54) is 21.3 Å². The fourth-order valence-corrected chi connectivity index (χ4v) is 2.44. The molecule has 0 aliphatic carbocycles. The number of nitrogens with zero attached hydrogens (tertiary/aromatic N) is 1. The Labute approximate surface area is 139 Å². The van der Waals surface area contributed by atoms with Crippen molar-refractivity contribution in [1.29, 1.82) is 0 Å². The topological polar surface area (TPSA) is 94.2 Å². The van der Waals surface area contributed by atoms with Gasteiger partial charge < -0.3 is 19.5 Å². The zero-order chi connectivity index (χ0) is 17.7. The Kier molecular flexibility index (Phi) is 5.62. The second-order valence-electron chi connectivity index (χ2n) is 5.18. The lowest BCUT2D eigenvalue weighted by Gasteiger charge is -2.16. The molecule has 0 radical (unpaired) electrons. The van der Waals surface area contributed by atoms with Gasteiger partial charge in [0.05, 0.1) is 21.3 Å². The van der Waals surface area contributed by atoms with Gasteiger partial charge in [0, 0.05) is 19.4 Å². The summed E-state index contributed by atoms with van der Waals surface area (Å²) in [6.45, 7) is -0.0616. The molecule has 1 N–H and O–H groups in total. The molecular formula is C16H20N2O6. The van der Waals surface area contributed by atoms with E-state index in [0.29, 0.717) is 17.2 Å². The van der Waals surface area contributed by atoms with Gasteiger partial charge in [-0.05, 0) is 17.7 Å². The molecule has 24 heavy (non-hydrogen) atoms. The molecule has 1 heterocycles. The fourth-order valence-electron chi connectivity index (χ4n) is 2.44. The molecule has 0 unspecified atom stereocenters. The molecule has 0 atom stereocenters. The molecule has 1 aliphatic rings. The molecular weight excluding hydrogens is 316 g/mol. The first-order valence-electron chi connectivity index (χ1n) is 7.39. The zero-order valence-corrected chi connectivity index (χ0v) is 13.9. The molecule has 1 saturated heterocycles. The highest BCUT2D eigenvalue weighted by atomic mass is 16.5. The van der Waals surface area contributed by atoms with Gasteiger partial charge in [-0.1, -0.05) is 0 Å². The van der Waals surface area contributed by atoms with Crippen LogP contribution >= 0.6 is 0 Å². The molecule has 130 valence electrons. The van der Waals surface area contributed by atoms with Gasteiger partial charge in [-0.2, -0.15) is 0 Å². The monoisotopic (exact) mass is 336 g/mol. The number of benzene rings is 1. The summed E-state index contributed by atoms with van der Waals surface area (Å²) in [5.41, 5.74) is 0.733. The van der Waals surface area contributed by atoms with Crippen LogP contribution in [-0.4, -0.2) is 50.5 Å². The Morgan fingerprint density at radius 2 is 1.58 bits per heavy atom. The molecule has 1 aromatic carbocycles. The maximum atomic E-state index is 12.0. The predicted octanol–water partition coefficient (Wildman–Crippen LogP) is 0.478. The Hall–Kier alpha value is -2.77. The number of ether oxygens (including phenoxy) is 3. The van der Waals surface area contributed by atoms with Crippen LogP contribution in [0.3, 0.4) is 0 Å². The molecule has 0 saturated carbocycles. The molecule has 8 heteroatoms. The summed E-state index contributed by atoms with van der Waals surface area (Å²) in [5.74, 6) is 0.374. The van der Waals surface area contributed by atoms with Crippen LogP contribution in [0.5, 0.6) is 17.2 Å². The number of nitrogens with one attached hydrogen (secondary N) is 1. The maximum Gasteiger partial charge on any atom is 0.240 e. The number of methoxy groups -OCH3 is 3. The maximum absolute atomic E-state index is 12.0. The quantitative estimate of drug-likeness (QED) is 0.728. The summed E-state index contributed by atoms with van der Waals surface area (Å²) < 4.78 is 15.7. The van der Waals surface area contributed by atoms with E-state index in [9.17, 15) is 14.4 Å². The van der Waals surface area contributed by atoms with Crippen LogP contribution in [0.15, 0.2) is 12.1 Å². The number of carbonyl (C=O) groups excluding carboxylic acids is 3. The first-order valence-corrected chi connectivity index (χ1v) is 7.39. The molecule has 2 rings (SSSR count).